The Balaban J connectivity index is 1.25. The van der Waals surface area contributed by atoms with Gasteiger partial charge in [-0.25, -0.2) is 4.79 Å². The van der Waals surface area contributed by atoms with Crippen LogP contribution in [0.1, 0.15) is 30.1 Å². The summed E-state index contributed by atoms with van der Waals surface area (Å²) in [6, 6.07) is 8.17. The molecule has 2 fully saturated rings. The lowest BCUT2D eigenvalue weighted by Gasteiger charge is -2.35. The molecule has 0 spiro atoms. The van der Waals surface area contributed by atoms with Gasteiger partial charge in [0.25, 0.3) is 0 Å². The number of para-hydroxylation sites is 1. The lowest BCUT2D eigenvalue weighted by Crippen LogP contribution is -2.50. The zero-order chi connectivity index (χ0) is 21.6. The van der Waals surface area contributed by atoms with Gasteiger partial charge in [-0.15, -0.1) is 15.3 Å². The fourth-order valence-electron chi connectivity index (χ4n) is 3.73. The summed E-state index contributed by atoms with van der Waals surface area (Å²) in [5, 5.41) is 15.5. The van der Waals surface area contributed by atoms with Crippen molar-refractivity contribution in [3.8, 4) is 0 Å². The molecule has 1 saturated heterocycles. The maximum Gasteiger partial charge on any atom is 0.418 e. The molecule has 162 valence electrons. The number of carbonyl (C=O) groups is 1. The summed E-state index contributed by atoms with van der Waals surface area (Å²) >= 11 is 0. The van der Waals surface area contributed by atoms with Crippen LogP contribution in [0.3, 0.4) is 0 Å². The fraction of sp³-hybridized carbons (Fsp3) is 0.400. The van der Waals surface area contributed by atoms with Gasteiger partial charge in [0.1, 0.15) is 5.82 Å². The number of hydrogen-bond donors (Lipinski definition) is 1. The first-order chi connectivity index (χ1) is 14.9. The highest BCUT2D eigenvalue weighted by Gasteiger charge is 2.34. The Kier molecular flexibility index (Phi) is 4.67. The van der Waals surface area contributed by atoms with Crippen LogP contribution in [0, 0.1) is 0 Å². The average molecular weight is 431 g/mol. The third kappa shape index (κ3) is 3.87. The van der Waals surface area contributed by atoms with E-state index >= 15 is 0 Å². The van der Waals surface area contributed by atoms with E-state index in [1.165, 1.54) is 23.1 Å². The van der Waals surface area contributed by atoms with E-state index < -0.39 is 17.8 Å². The number of nitrogens with one attached hydrogen (secondary N) is 1. The number of rotatable bonds is 3. The smallest absolute Gasteiger partial charge is 0.352 e. The first kappa shape index (κ1) is 19.6. The van der Waals surface area contributed by atoms with E-state index in [1.807, 2.05) is 17.0 Å². The topological polar surface area (TPSA) is 78.7 Å². The first-order valence-corrected chi connectivity index (χ1v) is 10.1. The lowest BCUT2D eigenvalue weighted by atomic mass is 10.1. The Morgan fingerprint density at radius 1 is 1.00 bits per heavy atom. The van der Waals surface area contributed by atoms with Gasteiger partial charge in [0.15, 0.2) is 11.5 Å². The predicted octanol–water partition coefficient (Wildman–Crippen LogP) is 3.37. The van der Waals surface area contributed by atoms with Crippen molar-refractivity contribution in [1.82, 2.24) is 24.7 Å². The molecule has 1 aliphatic heterocycles. The molecule has 1 aliphatic carbocycles. The van der Waals surface area contributed by atoms with E-state index in [0.29, 0.717) is 37.7 Å². The van der Waals surface area contributed by atoms with Crippen molar-refractivity contribution in [1.29, 1.82) is 0 Å². The molecule has 8 nitrogen and oxygen atoms in total. The van der Waals surface area contributed by atoms with Crippen molar-refractivity contribution in [3.63, 3.8) is 0 Å². The summed E-state index contributed by atoms with van der Waals surface area (Å²) in [7, 11) is 0. The number of urea groups is 1. The molecule has 2 aromatic heterocycles. The van der Waals surface area contributed by atoms with E-state index in [-0.39, 0.29) is 5.69 Å². The lowest BCUT2D eigenvalue weighted by molar-refractivity contribution is -0.136. The molecule has 0 bridgehead atoms. The highest BCUT2D eigenvalue weighted by atomic mass is 19.4. The minimum absolute atomic E-state index is 0.241. The van der Waals surface area contributed by atoms with Crippen LogP contribution in [0.4, 0.5) is 29.5 Å². The Hall–Kier alpha value is -3.37. The van der Waals surface area contributed by atoms with E-state index in [4.69, 9.17) is 0 Å². The van der Waals surface area contributed by atoms with E-state index in [1.54, 1.807) is 4.52 Å². The first-order valence-electron chi connectivity index (χ1n) is 10.1. The molecule has 0 unspecified atom stereocenters. The Morgan fingerprint density at radius 3 is 2.45 bits per heavy atom. The Morgan fingerprint density at radius 2 is 1.74 bits per heavy atom. The highest BCUT2D eigenvalue weighted by Crippen LogP contribution is 2.39. The summed E-state index contributed by atoms with van der Waals surface area (Å²) < 4.78 is 41.3. The zero-order valence-corrected chi connectivity index (χ0v) is 16.5. The number of nitrogens with zero attached hydrogens (tertiary/aromatic N) is 6. The van der Waals surface area contributed by atoms with Crippen LogP contribution < -0.4 is 10.2 Å². The number of anilines is 2. The third-order valence-corrected chi connectivity index (χ3v) is 5.58. The Bertz CT molecular complexity index is 1120. The number of benzene rings is 1. The summed E-state index contributed by atoms with van der Waals surface area (Å²) in [6.45, 7) is 1.79. The number of aromatic nitrogens is 4. The largest absolute Gasteiger partial charge is 0.418 e. The molecular weight excluding hydrogens is 411 g/mol. The molecule has 3 aromatic rings. The third-order valence-electron chi connectivity index (χ3n) is 5.58. The standard InChI is InChI=1S/C20H20F3N7O/c21-20(22,23)14-3-1-2-4-15(14)24-19(31)29-11-9-28(10-12-29)17-8-7-16-25-26-18(13-5-6-13)30(16)27-17/h1-4,7-8,13H,5-6,9-12H2,(H,24,31). The van der Waals surface area contributed by atoms with Crippen LogP contribution in [0.2, 0.25) is 0 Å². The van der Waals surface area contributed by atoms with Crippen molar-refractivity contribution in [3.05, 3.63) is 47.8 Å². The van der Waals surface area contributed by atoms with Gasteiger partial charge in [-0.3, -0.25) is 0 Å². The highest BCUT2D eigenvalue weighted by molar-refractivity contribution is 5.90. The summed E-state index contributed by atoms with van der Waals surface area (Å²) in [5.41, 5.74) is -0.401. The molecule has 3 heterocycles. The van der Waals surface area contributed by atoms with Crippen LogP contribution in [0.5, 0.6) is 0 Å². The number of piperazine rings is 1. The monoisotopic (exact) mass is 431 g/mol. The molecule has 11 heteroatoms. The number of amides is 2. The van der Waals surface area contributed by atoms with Crippen molar-refractivity contribution in [2.24, 2.45) is 0 Å². The van der Waals surface area contributed by atoms with Crippen LogP contribution in [-0.2, 0) is 6.18 Å². The van der Waals surface area contributed by atoms with E-state index in [0.717, 1.165) is 30.6 Å². The molecular formula is C20H20F3N7O. The van der Waals surface area contributed by atoms with Crippen LogP contribution >= 0.6 is 0 Å². The van der Waals surface area contributed by atoms with Crippen LogP contribution in [0.25, 0.3) is 5.65 Å². The van der Waals surface area contributed by atoms with Crippen molar-refractivity contribution in [2.45, 2.75) is 24.9 Å². The second-order valence-corrected chi connectivity index (χ2v) is 7.74. The Labute approximate surface area is 175 Å². The molecule has 2 aliphatic rings. The SMILES string of the molecule is O=C(Nc1ccccc1C(F)(F)F)N1CCN(c2ccc3nnc(C4CC4)n3n2)CC1. The zero-order valence-electron chi connectivity index (χ0n) is 16.5. The minimum Gasteiger partial charge on any atom is -0.352 e. The van der Waals surface area contributed by atoms with Crippen molar-refractivity contribution in [2.75, 3.05) is 36.4 Å². The summed E-state index contributed by atoms with van der Waals surface area (Å²) in [5.74, 6) is 2.05. The average Bonchev–Trinajstić information content (AvgIpc) is 3.52. The number of halogens is 3. The van der Waals surface area contributed by atoms with E-state index in [9.17, 15) is 18.0 Å². The second kappa shape index (κ2) is 7.40. The normalized spacial score (nSPS) is 17.3. The van der Waals surface area contributed by atoms with Crippen molar-refractivity contribution < 1.29 is 18.0 Å². The van der Waals surface area contributed by atoms with Gasteiger partial charge in [0, 0.05) is 32.1 Å². The van der Waals surface area contributed by atoms with Crippen molar-refractivity contribution >= 4 is 23.2 Å². The van der Waals surface area contributed by atoms with Gasteiger partial charge < -0.3 is 15.1 Å². The second-order valence-electron chi connectivity index (χ2n) is 7.74. The maximum atomic E-state index is 13.2. The number of fused-ring (bicyclic) bond motifs is 1. The molecule has 1 N–H and O–H groups in total. The van der Waals surface area contributed by atoms with Crippen LogP contribution in [-0.4, -0.2) is 56.9 Å². The number of hydrogen-bond acceptors (Lipinski definition) is 5. The molecule has 2 amide bonds. The molecule has 0 atom stereocenters. The predicted molar refractivity (Wildman–Crippen MR) is 107 cm³/mol. The maximum absolute atomic E-state index is 13.2. The van der Waals surface area contributed by atoms with E-state index in [2.05, 4.69) is 20.6 Å². The quantitative estimate of drug-likeness (QED) is 0.688. The van der Waals surface area contributed by atoms with Gasteiger partial charge in [-0.2, -0.15) is 17.7 Å². The van der Waals surface area contributed by atoms with Gasteiger partial charge in [0.05, 0.1) is 11.3 Å². The molecule has 31 heavy (non-hydrogen) atoms. The van der Waals surface area contributed by atoms with Gasteiger partial charge in [-0.05, 0) is 37.1 Å². The van der Waals surface area contributed by atoms with Gasteiger partial charge in [0.2, 0.25) is 0 Å². The minimum atomic E-state index is -4.53. The molecule has 1 saturated carbocycles. The summed E-state index contributed by atoms with van der Waals surface area (Å²) in [6.07, 6.45) is -2.34. The molecule has 0 radical (unpaired) electrons. The molecule has 5 rings (SSSR count). The summed E-state index contributed by atoms with van der Waals surface area (Å²) in [4.78, 5) is 16.1. The van der Waals surface area contributed by atoms with Crippen LogP contribution in [0.15, 0.2) is 36.4 Å². The van der Waals surface area contributed by atoms with Gasteiger partial charge in [-0.1, -0.05) is 12.1 Å². The fourth-order valence-corrected chi connectivity index (χ4v) is 3.73. The number of alkyl halides is 3. The van der Waals surface area contributed by atoms with Gasteiger partial charge >= 0.3 is 12.2 Å². The molecule has 1 aromatic carbocycles. The number of carbonyl (C=O) groups excluding carboxylic acids is 1.